The summed E-state index contributed by atoms with van der Waals surface area (Å²) >= 11 is 0. The Morgan fingerprint density at radius 2 is 1.84 bits per heavy atom. The Hall–Kier alpha value is -3.80. The Balaban J connectivity index is 1.68. The Morgan fingerprint density at radius 3 is 2.56 bits per heavy atom. The molecule has 4 aromatic rings. The number of hydrogen-bond donors (Lipinski definition) is 2. The molecular weight excluding hydrogens is 427 g/mol. The number of pyridine rings is 1. The van der Waals surface area contributed by atoms with Crippen LogP contribution in [0.15, 0.2) is 42.6 Å². The van der Waals surface area contributed by atoms with Crippen LogP contribution >= 0.6 is 0 Å². The number of benzene rings is 1. The van der Waals surface area contributed by atoms with Crippen LogP contribution in [-0.4, -0.2) is 48.3 Å². The quantitative estimate of drug-likeness (QED) is 0.480. The lowest BCUT2D eigenvalue weighted by molar-refractivity contribution is -0.260. The van der Waals surface area contributed by atoms with E-state index in [1.54, 1.807) is 24.4 Å². The number of nitrogens with two attached hydrogens (primary N) is 1. The minimum Gasteiger partial charge on any atom is -0.494 e. The fourth-order valence-corrected chi connectivity index (χ4v) is 3.14. The van der Waals surface area contributed by atoms with Crippen molar-refractivity contribution >= 4 is 16.9 Å². The largest absolute Gasteiger partial charge is 0.494 e. The van der Waals surface area contributed by atoms with Gasteiger partial charge in [0.25, 0.3) is 0 Å². The molecule has 0 saturated carbocycles. The smallest absolute Gasteiger partial charge is 0.422 e. The van der Waals surface area contributed by atoms with Crippen molar-refractivity contribution in [1.82, 2.24) is 29.9 Å². The highest BCUT2D eigenvalue weighted by atomic mass is 19.4. The number of fused-ring (bicyclic) bond motifs is 1. The summed E-state index contributed by atoms with van der Waals surface area (Å²) in [7, 11) is 1.51. The number of methoxy groups -OCH3 is 1. The number of anilines is 1. The van der Waals surface area contributed by atoms with E-state index in [9.17, 15) is 18.3 Å². The topological polar surface area (TPSA) is 125 Å². The number of nitrogens with zero attached hydrogens (tertiary/aromatic N) is 6. The average molecular weight is 445 g/mol. The summed E-state index contributed by atoms with van der Waals surface area (Å²) in [5.41, 5.74) is 3.85. The Labute approximate surface area is 179 Å². The maximum absolute atomic E-state index is 13.1. The van der Waals surface area contributed by atoms with Crippen LogP contribution in [-0.2, 0) is 12.1 Å². The van der Waals surface area contributed by atoms with E-state index in [0.29, 0.717) is 35.0 Å². The van der Waals surface area contributed by atoms with Crippen LogP contribution in [0, 0.1) is 0 Å². The molecule has 0 spiro atoms. The molecule has 0 aliphatic rings. The van der Waals surface area contributed by atoms with Crippen molar-refractivity contribution in [2.45, 2.75) is 25.2 Å². The monoisotopic (exact) mass is 445 g/mol. The molecule has 12 heteroatoms. The molecule has 0 amide bonds. The van der Waals surface area contributed by atoms with Gasteiger partial charge in [0.15, 0.2) is 5.60 Å². The molecule has 166 valence electrons. The van der Waals surface area contributed by atoms with Crippen molar-refractivity contribution in [3.8, 4) is 17.1 Å². The first-order chi connectivity index (χ1) is 15.1. The maximum atomic E-state index is 13.1. The molecule has 3 N–H and O–H groups in total. The van der Waals surface area contributed by atoms with Crippen LogP contribution in [0.2, 0.25) is 0 Å². The molecule has 0 fully saturated rings. The van der Waals surface area contributed by atoms with Crippen LogP contribution in [0.25, 0.3) is 22.3 Å². The number of alkyl halides is 3. The van der Waals surface area contributed by atoms with Gasteiger partial charge in [0.2, 0.25) is 5.95 Å². The highest BCUT2D eigenvalue weighted by Gasteiger charge is 2.52. The maximum Gasteiger partial charge on any atom is 0.422 e. The Bertz CT molecular complexity index is 1290. The van der Waals surface area contributed by atoms with Crippen LogP contribution in [0.1, 0.15) is 18.3 Å². The fraction of sp³-hybridized carbons (Fsp3) is 0.250. The van der Waals surface area contributed by atoms with Gasteiger partial charge in [-0.25, -0.2) is 14.6 Å². The summed E-state index contributed by atoms with van der Waals surface area (Å²) in [4.78, 5) is 12.4. The van der Waals surface area contributed by atoms with Gasteiger partial charge in [-0.1, -0.05) is 23.4 Å². The summed E-state index contributed by atoms with van der Waals surface area (Å²) in [5, 5.41) is 18.6. The molecule has 4 rings (SSSR count). The van der Waals surface area contributed by atoms with Gasteiger partial charge in [0.1, 0.15) is 22.7 Å². The van der Waals surface area contributed by atoms with Gasteiger partial charge in [-0.15, -0.1) is 5.10 Å². The van der Waals surface area contributed by atoms with Gasteiger partial charge in [0.05, 0.1) is 31.2 Å². The third-order valence-corrected chi connectivity index (χ3v) is 4.89. The number of aromatic nitrogens is 6. The van der Waals surface area contributed by atoms with Gasteiger partial charge >= 0.3 is 6.18 Å². The molecule has 9 nitrogen and oxygen atoms in total. The highest BCUT2D eigenvalue weighted by Crippen LogP contribution is 2.37. The second kappa shape index (κ2) is 7.71. The van der Waals surface area contributed by atoms with E-state index in [4.69, 9.17) is 10.5 Å². The van der Waals surface area contributed by atoms with Crippen molar-refractivity contribution < 1.29 is 23.0 Å². The zero-order chi connectivity index (χ0) is 23.1. The number of ether oxygens (including phenoxy) is 1. The van der Waals surface area contributed by atoms with Crippen molar-refractivity contribution in [2.24, 2.45) is 0 Å². The third kappa shape index (κ3) is 3.80. The molecule has 1 unspecified atom stereocenters. The zero-order valence-corrected chi connectivity index (χ0v) is 17.0. The van der Waals surface area contributed by atoms with Crippen molar-refractivity contribution in [3.63, 3.8) is 0 Å². The molecule has 1 atom stereocenters. The van der Waals surface area contributed by atoms with Gasteiger partial charge in [-0.05, 0) is 25.1 Å². The first kappa shape index (κ1) is 21.4. The molecule has 3 heterocycles. The molecule has 0 radical (unpaired) electrons. The lowest BCUT2D eigenvalue weighted by Crippen LogP contribution is -2.40. The Morgan fingerprint density at radius 1 is 1.09 bits per heavy atom. The molecule has 1 aromatic carbocycles. The first-order valence-electron chi connectivity index (χ1n) is 9.36. The molecule has 0 saturated heterocycles. The van der Waals surface area contributed by atoms with E-state index in [1.165, 1.54) is 23.9 Å². The lowest BCUT2D eigenvalue weighted by atomic mass is 10.0. The normalized spacial score (nSPS) is 13.8. The SMILES string of the molecule is COc1cccc2c(-c3cn(Cc4cccc(C(C)(O)C(F)(F)F)n4)nn3)nc(N)nc12. The van der Waals surface area contributed by atoms with E-state index in [1.807, 2.05) is 0 Å². The molecule has 0 aliphatic carbocycles. The summed E-state index contributed by atoms with van der Waals surface area (Å²) in [5.74, 6) is 0.540. The predicted octanol–water partition coefficient (Wildman–Crippen LogP) is 2.69. The van der Waals surface area contributed by atoms with Crippen LogP contribution in [0.5, 0.6) is 5.75 Å². The highest BCUT2D eigenvalue weighted by molar-refractivity contribution is 5.95. The van der Waals surface area contributed by atoms with E-state index >= 15 is 0 Å². The van der Waals surface area contributed by atoms with Crippen molar-refractivity contribution in [1.29, 1.82) is 0 Å². The van der Waals surface area contributed by atoms with E-state index in [2.05, 4.69) is 25.3 Å². The van der Waals surface area contributed by atoms with Crippen molar-refractivity contribution in [2.75, 3.05) is 12.8 Å². The fourth-order valence-electron chi connectivity index (χ4n) is 3.14. The number of nitrogen functional groups attached to an aromatic ring is 1. The van der Waals surface area contributed by atoms with E-state index < -0.39 is 17.5 Å². The summed E-state index contributed by atoms with van der Waals surface area (Å²) in [6.07, 6.45) is -3.30. The molecular formula is C20H18F3N7O2. The number of halogens is 3. The van der Waals surface area contributed by atoms with Crippen LogP contribution in [0.4, 0.5) is 19.1 Å². The molecule has 0 aliphatic heterocycles. The molecule has 0 bridgehead atoms. The van der Waals surface area contributed by atoms with Crippen molar-refractivity contribution in [3.05, 3.63) is 54.0 Å². The Kier molecular flexibility index (Phi) is 5.17. The van der Waals surface area contributed by atoms with E-state index in [0.717, 1.165) is 6.07 Å². The summed E-state index contributed by atoms with van der Waals surface area (Å²) in [6, 6.07) is 9.34. The van der Waals surface area contributed by atoms with E-state index in [-0.39, 0.29) is 18.2 Å². The van der Waals surface area contributed by atoms with Gasteiger partial charge in [-0.2, -0.15) is 13.2 Å². The zero-order valence-electron chi connectivity index (χ0n) is 17.0. The van der Waals surface area contributed by atoms with Gasteiger partial charge in [-0.3, -0.25) is 4.98 Å². The number of para-hydroxylation sites is 1. The second-order valence-corrected chi connectivity index (χ2v) is 7.17. The van der Waals surface area contributed by atoms with Gasteiger partial charge in [0, 0.05) is 5.39 Å². The third-order valence-electron chi connectivity index (χ3n) is 4.89. The summed E-state index contributed by atoms with van der Waals surface area (Å²) < 4.78 is 46.1. The minimum atomic E-state index is -4.87. The van der Waals surface area contributed by atoms with Gasteiger partial charge < -0.3 is 15.6 Å². The predicted molar refractivity (Wildman–Crippen MR) is 108 cm³/mol. The number of hydrogen-bond acceptors (Lipinski definition) is 8. The average Bonchev–Trinajstić information content (AvgIpc) is 3.20. The number of aliphatic hydroxyl groups is 1. The molecule has 3 aromatic heterocycles. The standard InChI is InChI=1S/C20H18F3N7O2/c1-19(31,20(21,22)23)15-8-3-5-11(25-15)9-30-10-13(28-29-30)16-12-6-4-7-14(32-2)17(12)27-18(24)26-16/h3-8,10,31H,9H2,1-2H3,(H2,24,26,27). The minimum absolute atomic E-state index is 0.0234. The molecule has 32 heavy (non-hydrogen) atoms. The summed E-state index contributed by atoms with van der Waals surface area (Å²) in [6.45, 7) is 0.683. The number of rotatable bonds is 5. The lowest BCUT2D eigenvalue weighted by Gasteiger charge is -2.25. The van der Waals surface area contributed by atoms with Crippen LogP contribution in [0.3, 0.4) is 0 Å². The second-order valence-electron chi connectivity index (χ2n) is 7.17. The van der Waals surface area contributed by atoms with Crippen LogP contribution < -0.4 is 10.5 Å². The first-order valence-corrected chi connectivity index (χ1v) is 9.36.